The second-order valence-electron chi connectivity index (χ2n) is 20.5. The lowest BCUT2D eigenvalue weighted by atomic mass is 10.1. The minimum Gasteiger partial charge on any atom is -0.490 e. The van der Waals surface area contributed by atoms with E-state index in [0.717, 1.165) is 111 Å². The van der Waals surface area contributed by atoms with Crippen LogP contribution in [0.1, 0.15) is 56.9 Å². The van der Waals surface area contributed by atoms with Gasteiger partial charge in [-0.15, -0.1) is 0 Å². The first-order valence-corrected chi connectivity index (χ1v) is 29.4. The van der Waals surface area contributed by atoms with Gasteiger partial charge in [-0.3, -0.25) is 20.0 Å². The van der Waals surface area contributed by atoms with Gasteiger partial charge in [0.15, 0.2) is 0 Å². The molecule has 0 radical (unpaired) electrons. The molecule has 9 rings (SSSR count). The summed E-state index contributed by atoms with van der Waals surface area (Å²) in [6, 6.07) is 64.7. The maximum absolute atomic E-state index is 11.7. The second-order valence-corrected chi connectivity index (χ2v) is 20.5. The van der Waals surface area contributed by atoms with Crippen molar-refractivity contribution in [2.45, 2.75) is 53.4 Å². The van der Waals surface area contributed by atoms with Gasteiger partial charge in [0.1, 0.15) is 36.9 Å². The number of hydrogen-bond donors (Lipinski definition) is 2. The molecule has 0 amide bonds. The van der Waals surface area contributed by atoms with Crippen molar-refractivity contribution < 1.29 is 19.7 Å². The average Bonchev–Trinajstić information content (AvgIpc) is 1.98. The van der Waals surface area contributed by atoms with Crippen molar-refractivity contribution in [2.24, 2.45) is 20.4 Å². The van der Waals surface area contributed by atoms with Gasteiger partial charge >= 0.3 is 0 Å². The molecule has 0 aliphatic carbocycles. The lowest BCUT2D eigenvalue weighted by molar-refractivity contribution is 0.112. The fraction of sp³-hybridized carbons (Fsp3) is 0.257. The van der Waals surface area contributed by atoms with Crippen molar-refractivity contribution in [3.05, 3.63) is 216 Å². The molecule has 2 N–H and O–H groups in total. The Balaban J connectivity index is 0.926. The smallest absolute Gasteiger partial charge is 0.130 e. The zero-order chi connectivity index (χ0) is 59.5. The Morgan fingerprint density at radius 1 is 0.412 bits per heavy atom. The molecule has 2 atom stereocenters. The molecule has 0 spiro atoms. The van der Waals surface area contributed by atoms with E-state index >= 15 is 0 Å². The molecule has 1 heterocycles. The maximum atomic E-state index is 11.7. The highest BCUT2D eigenvalue weighted by atomic mass is 16.5. The summed E-state index contributed by atoms with van der Waals surface area (Å²) in [5, 5.41) is 52.3. The third-order valence-electron chi connectivity index (χ3n) is 14.9. The van der Waals surface area contributed by atoms with Gasteiger partial charge in [-0.1, -0.05) is 84.9 Å². The van der Waals surface area contributed by atoms with Crippen LogP contribution < -0.4 is 39.3 Å². The predicted octanol–water partition coefficient (Wildman–Crippen LogP) is 13.0. The van der Waals surface area contributed by atoms with Crippen molar-refractivity contribution >= 4 is 80.8 Å². The zero-order valence-corrected chi connectivity index (χ0v) is 49.9. The first-order valence-electron chi connectivity index (χ1n) is 29.4. The molecule has 1 aromatic heterocycles. The Hall–Kier alpha value is -9.44. The molecule has 0 saturated carbocycles. The molecule has 0 aliphatic rings. The summed E-state index contributed by atoms with van der Waals surface area (Å²) in [4.78, 5) is 4.52. The van der Waals surface area contributed by atoms with Crippen LogP contribution in [0, 0.1) is 0 Å². The van der Waals surface area contributed by atoms with E-state index in [1.807, 2.05) is 192 Å². The number of aromatic nitrogens is 1. The summed E-state index contributed by atoms with van der Waals surface area (Å²) in [5.41, 5.74) is 11.3. The van der Waals surface area contributed by atoms with Crippen LogP contribution in [-0.4, -0.2) is 118 Å². The Kier molecular flexibility index (Phi) is 21.0. The highest BCUT2D eigenvalue weighted by molar-refractivity contribution is 6.11. The molecule has 8 aromatic carbocycles. The Morgan fingerprint density at radius 2 is 0.776 bits per heavy atom. The monoisotopic (exact) mass is 1140 g/mol. The Bertz CT molecular complexity index is 3430. The van der Waals surface area contributed by atoms with Crippen molar-refractivity contribution in [3.63, 3.8) is 0 Å². The molecule has 0 bridgehead atoms. The van der Waals surface area contributed by atoms with Crippen molar-refractivity contribution in [1.29, 1.82) is 0 Å². The number of anilines is 6. The number of hydrogen-bond acceptors (Lipinski definition) is 14. The number of fused-ring (bicyclic) bond motifs is 3. The molecule has 2 unspecified atom stereocenters. The zero-order valence-electron chi connectivity index (χ0n) is 49.9. The second kappa shape index (κ2) is 29.7. The van der Waals surface area contributed by atoms with E-state index in [1.54, 1.807) is 12.4 Å². The maximum Gasteiger partial charge on any atom is 0.130 e. The SMILES string of the molecule is CCN(CC)c1ccc(C=NN(C)c2ccccc2)c(OCC(O)CN(N=Cc2ccc3c(c2)c2cc(C=NN(CC(O)COc4cc(N(CC)CC)ccc4C=NN(C)c4ccccc4)c4ccccc4)ccc2n3CC)c2ccccc2)c1. The minimum absolute atomic E-state index is 0.0277. The van der Waals surface area contributed by atoms with Gasteiger partial charge in [0.05, 0.1) is 60.7 Å². The van der Waals surface area contributed by atoms with Gasteiger partial charge in [0.2, 0.25) is 0 Å². The summed E-state index contributed by atoms with van der Waals surface area (Å²) in [5.74, 6) is 1.26. The highest BCUT2D eigenvalue weighted by Crippen LogP contribution is 2.32. The fourth-order valence-electron chi connectivity index (χ4n) is 10.2. The molecule has 0 fully saturated rings. The Labute approximate surface area is 500 Å². The van der Waals surface area contributed by atoms with E-state index in [1.165, 1.54) is 0 Å². The summed E-state index contributed by atoms with van der Waals surface area (Å²) >= 11 is 0. The van der Waals surface area contributed by atoms with Crippen molar-refractivity contribution in [3.8, 4) is 11.5 Å². The van der Waals surface area contributed by atoms with E-state index in [2.05, 4.69) is 97.5 Å². The van der Waals surface area contributed by atoms with Crippen LogP contribution in [0.5, 0.6) is 11.5 Å². The normalized spacial score (nSPS) is 12.4. The standard InChI is InChI=1S/C70H79N11O4/c1-8-77(9-2)61-37-35-55(47-71-75(6)57-25-17-13-18-26-57)69(43-61)84-51-63(82)49-80(59-29-21-15-22-30-59)73-45-53-33-39-67-65(41-53)66-42-54(34-40-68(66)79(67)12-5)46-74-81(60-31-23-16-24-32-60)50-64(83)52-85-70-44-62(78(10-3)11-4)38-36-56(70)48-72-76(7)58-27-19-14-20-28-58/h13-48,63-64,82-83H,8-12,49-52H2,1-7H3. The third-order valence-corrected chi connectivity index (χ3v) is 14.9. The summed E-state index contributed by atoms with van der Waals surface area (Å²) in [7, 11) is 3.82. The first-order chi connectivity index (χ1) is 41.5. The van der Waals surface area contributed by atoms with E-state index in [4.69, 9.17) is 29.9 Å². The van der Waals surface area contributed by atoms with Crippen LogP contribution >= 0.6 is 0 Å². The van der Waals surface area contributed by atoms with Crippen LogP contribution in [0.15, 0.2) is 215 Å². The number of aliphatic hydroxyl groups is 2. The summed E-state index contributed by atoms with van der Waals surface area (Å²) in [6.45, 7) is 15.3. The summed E-state index contributed by atoms with van der Waals surface area (Å²) in [6.07, 6.45) is 5.47. The predicted molar refractivity (Wildman–Crippen MR) is 356 cm³/mol. The quantitative estimate of drug-likeness (QED) is 0.0345. The lowest BCUT2D eigenvalue weighted by Gasteiger charge is -2.24. The molecule has 0 aliphatic heterocycles. The fourth-order valence-corrected chi connectivity index (χ4v) is 10.2. The van der Waals surface area contributed by atoms with Crippen molar-refractivity contribution in [2.75, 3.05) is 96.4 Å². The summed E-state index contributed by atoms with van der Waals surface area (Å²) < 4.78 is 15.2. The molecule has 15 heteroatoms. The largest absolute Gasteiger partial charge is 0.490 e. The molecule has 438 valence electrons. The number of ether oxygens (including phenoxy) is 2. The van der Waals surface area contributed by atoms with E-state index < -0.39 is 12.2 Å². The molecule has 85 heavy (non-hydrogen) atoms. The molecule has 0 saturated heterocycles. The number of nitrogens with zero attached hydrogens (tertiary/aromatic N) is 11. The van der Waals surface area contributed by atoms with E-state index in [0.29, 0.717) is 11.5 Å². The highest BCUT2D eigenvalue weighted by Gasteiger charge is 2.19. The van der Waals surface area contributed by atoms with Gasteiger partial charge in [0.25, 0.3) is 0 Å². The molecule has 15 nitrogen and oxygen atoms in total. The van der Waals surface area contributed by atoms with Crippen LogP contribution in [0.3, 0.4) is 0 Å². The van der Waals surface area contributed by atoms with E-state index in [-0.39, 0.29) is 26.3 Å². The minimum atomic E-state index is -0.905. The first kappa shape index (κ1) is 60.2. The van der Waals surface area contributed by atoms with Gasteiger partial charge in [-0.25, -0.2) is 0 Å². The number of aliphatic hydroxyl groups excluding tert-OH is 2. The topological polar surface area (TPSA) is 133 Å². The average molecular weight is 1140 g/mol. The molecular weight excluding hydrogens is 1060 g/mol. The molecule has 9 aromatic rings. The Morgan fingerprint density at radius 3 is 1.13 bits per heavy atom. The number of para-hydroxylation sites is 4. The number of rotatable bonds is 29. The van der Waals surface area contributed by atoms with Gasteiger partial charge in [-0.2, -0.15) is 20.4 Å². The van der Waals surface area contributed by atoms with Crippen LogP contribution in [0.25, 0.3) is 21.8 Å². The van der Waals surface area contributed by atoms with Crippen molar-refractivity contribution in [1.82, 2.24) is 4.57 Å². The van der Waals surface area contributed by atoms with Gasteiger partial charge in [-0.05, 0) is 143 Å². The van der Waals surface area contributed by atoms with Crippen LogP contribution in [0.2, 0.25) is 0 Å². The van der Waals surface area contributed by atoms with E-state index in [9.17, 15) is 10.2 Å². The number of benzene rings is 8. The lowest BCUT2D eigenvalue weighted by Crippen LogP contribution is -2.33. The molecular formula is C70H79N11O4. The van der Waals surface area contributed by atoms with Crippen LogP contribution in [-0.2, 0) is 6.54 Å². The third kappa shape index (κ3) is 15.6. The van der Waals surface area contributed by atoms with Gasteiger partial charge < -0.3 is 34.1 Å². The number of hydrazone groups is 4. The van der Waals surface area contributed by atoms with Crippen LogP contribution in [0.4, 0.5) is 34.1 Å². The van der Waals surface area contributed by atoms with Gasteiger partial charge in [0, 0.05) is 103 Å². The number of aryl methyl sites for hydroxylation is 1.